The van der Waals surface area contributed by atoms with Crippen LogP contribution in [-0.2, 0) is 4.79 Å². The van der Waals surface area contributed by atoms with Gasteiger partial charge in [-0.1, -0.05) is 91.0 Å². The highest BCUT2D eigenvalue weighted by Gasteiger charge is 2.45. The van der Waals surface area contributed by atoms with E-state index in [0.29, 0.717) is 0 Å². The lowest BCUT2D eigenvalue weighted by Crippen LogP contribution is -2.72. The van der Waals surface area contributed by atoms with Gasteiger partial charge in [0.25, 0.3) is 0 Å². The molecule has 0 heterocycles. The minimum absolute atomic E-state index is 0.197. The summed E-state index contributed by atoms with van der Waals surface area (Å²) in [4.78, 5) is 16.1. The van der Waals surface area contributed by atoms with Gasteiger partial charge in [-0.2, -0.15) is 0 Å². The Hall–Kier alpha value is -2.91. The molecule has 0 spiro atoms. The number of benzene rings is 3. The van der Waals surface area contributed by atoms with Crippen LogP contribution < -0.4 is 15.6 Å². The molecule has 0 radical (unpaired) electrons. The van der Waals surface area contributed by atoms with E-state index in [0.717, 1.165) is 28.6 Å². The lowest BCUT2D eigenvalue weighted by atomic mass is 10.3. The third kappa shape index (κ3) is 3.85. The van der Waals surface area contributed by atoms with Crippen molar-refractivity contribution in [2.45, 2.75) is 13.8 Å². The Morgan fingerprint density at radius 2 is 1.07 bits per heavy atom. The number of carbonyl (C=O) groups is 1. The largest absolute Gasteiger partial charge is 0.378 e. The summed E-state index contributed by atoms with van der Waals surface area (Å²) in [5, 5.41) is 3.53. The first-order valence-electron chi connectivity index (χ1n) is 9.86. The molecule has 3 rings (SSSR count). The van der Waals surface area contributed by atoms with Crippen molar-refractivity contribution < 1.29 is 4.79 Å². The molecule has 3 aromatic carbocycles. The van der Waals surface area contributed by atoms with Crippen molar-refractivity contribution in [3.8, 4) is 0 Å². The third-order valence-corrected chi connectivity index (χ3v) is 9.74. The highest BCUT2D eigenvalue weighted by molar-refractivity contribution is 7.30. The number of hydrogen-bond acceptors (Lipinski definition) is 2. The fraction of sp³-hybridized carbons (Fsp3) is 0.160. The summed E-state index contributed by atoms with van der Waals surface area (Å²) in [5.74, 6) is 0. The molecule has 0 fully saturated rings. The molecule has 0 aromatic heterocycles. The average Bonchev–Trinajstić information content (AvgIpc) is 2.77. The Labute approximate surface area is 169 Å². The summed E-state index contributed by atoms with van der Waals surface area (Å²) in [6.45, 7) is 5.98. The molecule has 3 aromatic rings. The van der Waals surface area contributed by atoms with Crippen LogP contribution in [0.15, 0.2) is 103 Å². The molecule has 0 atom stereocenters. The Balaban J connectivity index is 2.27. The molecule has 0 aliphatic rings. The van der Waals surface area contributed by atoms with Gasteiger partial charge >= 0.3 is 0 Å². The second-order valence-electron chi connectivity index (χ2n) is 6.75. The van der Waals surface area contributed by atoms with Gasteiger partial charge in [-0.3, -0.25) is 4.79 Å². The van der Waals surface area contributed by atoms with E-state index in [1.807, 2.05) is 60.8 Å². The maximum atomic E-state index is 14.0. The van der Waals surface area contributed by atoms with Gasteiger partial charge in [-0.05, 0) is 35.5 Å². The van der Waals surface area contributed by atoms with E-state index in [1.165, 1.54) is 0 Å². The molecule has 0 saturated heterocycles. The summed E-state index contributed by atoms with van der Waals surface area (Å²) < 4.78 is 0. The highest BCUT2D eigenvalue weighted by Crippen LogP contribution is 2.10. The summed E-state index contributed by atoms with van der Waals surface area (Å²) in [7, 11) is -2.87. The van der Waals surface area contributed by atoms with Crippen LogP contribution in [0.4, 0.5) is 0 Å². The second-order valence-corrected chi connectivity index (χ2v) is 10.5. The van der Waals surface area contributed by atoms with E-state index >= 15 is 0 Å². The zero-order valence-electron chi connectivity index (χ0n) is 16.6. The van der Waals surface area contributed by atoms with Gasteiger partial charge in [-0.15, -0.1) is 0 Å². The average molecular weight is 386 g/mol. The molecule has 0 bridgehead atoms. The van der Waals surface area contributed by atoms with Crippen LogP contribution in [0.3, 0.4) is 0 Å². The van der Waals surface area contributed by atoms with Crippen LogP contribution in [0.2, 0.25) is 0 Å². The maximum absolute atomic E-state index is 14.0. The van der Waals surface area contributed by atoms with Gasteiger partial charge < -0.3 is 4.90 Å². The van der Waals surface area contributed by atoms with Crippen LogP contribution in [0.1, 0.15) is 13.8 Å². The second kappa shape index (κ2) is 9.33. The molecular weight excluding hydrogens is 358 g/mol. The lowest BCUT2D eigenvalue weighted by Gasteiger charge is -2.31. The predicted molar refractivity (Wildman–Crippen MR) is 121 cm³/mol. The Bertz CT molecular complexity index is 806. The molecule has 0 aliphatic heterocycles. The van der Waals surface area contributed by atoms with Gasteiger partial charge in [0.2, 0.25) is 8.07 Å². The number of hydrogen-bond donors (Lipinski definition) is 0. The summed E-state index contributed by atoms with van der Waals surface area (Å²) in [6, 6.07) is 30.9. The summed E-state index contributed by atoms with van der Waals surface area (Å²) in [5.41, 5.74) is 0. The number of nitrogens with zero attached hydrogens (tertiary/aromatic N) is 1. The topological polar surface area (TPSA) is 20.3 Å². The molecule has 2 nitrogen and oxygen atoms in total. The molecule has 0 amide bonds. The van der Waals surface area contributed by atoms with Crippen LogP contribution in [0.25, 0.3) is 0 Å². The normalized spacial score (nSPS) is 11.5. The zero-order valence-corrected chi connectivity index (χ0v) is 17.6. The van der Waals surface area contributed by atoms with E-state index in [-0.39, 0.29) is 5.41 Å². The van der Waals surface area contributed by atoms with Crippen molar-refractivity contribution >= 4 is 29.0 Å². The van der Waals surface area contributed by atoms with Gasteiger partial charge in [0.05, 0.1) is 0 Å². The number of carbonyl (C=O) groups excluding carboxylic acids is 1. The highest BCUT2D eigenvalue weighted by atomic mass is 28.3. The van der Waals surface area contributed by atoms with Gasteiger partial charge in [0.1, 0.15) is 5.41 Å². The SMILES string of the molecule is CCN(C=CC(=O)[Si](c1ccccc1)(c1ccccc1)c1ccccc1)CC. The molecule has 142 valence electrons. The van der Waals surface area contributed by atoms with E-state index in [1.54, 1.807) is 6.08 Å². The monoisotopic (exact) mass is 385 g/mol. The van der Waals surface area contributed by atoms with Gasteiger partial charge in [-0.25, -0.2) is 0 Å². The van der Waals surface area contributed by atoms with Crippen molar-refractivity contribution in [2.75, 3.05) is 13.1 Å². The fourth-order valence-electron chi connectivity index (χ4n) is 3.72. The standard InChI is InChI=1S/C25H27NOSi/c1-3-26(4-2)21-20-25(27)28(22-14-8-5-9-15-22,23-16-10-6-11-17-23)24-18-12-7-13-19-24/h5-21H,3-4H2,1-2H3. The Morgan fingerprint density at radius 3 is 1.39 bits per heavy atom. The number of rotatable bonds is 8. The van der Waals surface area contributed by atoms with Crippen LogP contribution in [0.5, 0.6) is 0 Å². The molecular formula is C25H27NOSi. The third-order valence-electron chi connectivity index (χ3n) is 5.24. The first-order valence-corrected chi connectivity index (χ1v) is 11.9. The van der Waals surface area contributed by atoms with Crippen LogP contribution >= 0.6 is 0 Å². The zero-order chi connectivity index (χ0) is 19.8. The molecule has 3 heteroatoms. The minimum atomic E-state index is -2.87. The van der Waals surface area contributed by atoms with E-state index < -0.39 is 8.07 Å². The summed E-state index contributed by atoms with van der Waals surface area (Å²) in [6.07, 6.45) is 3.76. The van der Waals surface area contributed by atoms with Crippen molar-refractivity contribution in [3.63, 3.8) is 0 Å². The Kier molecular flexibility index (Phi) is 6.61. The van der Waals surface area contributed by atoms with Gasteiger partial charge in [0.15, 0.2) is 0 Å². The van der Waals surface area contributed by atoms with Crippen molar-refractivity contribution in [2.24, 2.45) is 0 Å². The summed E-state index contributed by atoms with van der Waals surface area (Å²) >= 11 is 0. The lowest BCUT2D eigenvalue weighted by molar-refractivity contribution is -0.108. The van der Waals surface area contributed by atoms with Crippen LogP contribution in [-0.4, -0.2) is 31.5 Å². The van der Waals surface area contributed by atoms with Crippen LogP contribution in [0, 0.1) is 0 Å². The molecule has 0 N–H and O–H groups in total. The molecule has 0 unspecified atom stereocenters. The molecule has 0 aliphatic carbocycles. The first-order chi connectivity index (χ1) is 13.7. The number of allylic oxidation sites excluding steroid dienone is 1. The van der Waals surface area contributed by atoms with E-state index in [4.69, 9.17) is 0 Å². The van der Waals surface area contributed by atoms with Gasteiger partial charge in [0, 0.05) is 19.3 Å². The van der Waals surface area contributed by atoms with Crippen molar-refractivity contribution in [3.05, 3.63) is 103 Å². The quantitative estimate of drug-likeness (QED) is 0.337. The Morgan fingerprint density at radius 1 is 0.714 bits per heavy atom. The molecule has 0 saturated carbocycles. The first kappa shape index (κ1) is 19.8. The van der Waals surface area contributed by atoms with Crippen molar-refractivity contribution in [1.29, 1.82) is 0 Å². The van der Waals surface area contributed by atoms with Crippen molar-refractivity contribution in [1.82, 2.24) is 4.90 Å². The maximum Gasteiger partial charge on any atom is 0.229 e. The van der Waals surface area contributed by atoms with E-state index in [9.17, 15) is 4.79 Å². The molecule has 28 heavy (non-hydrogen) atoms. The fourth-order valence-corrected chi connectivity index (χ4v) is 7.98. The minimum Gasteiger partial charge on any atom is -0.378 e. The predicted octanol–water partition coefficient (Wildman–Crippen LogP) is 3.12. The smallest absolute Gasteiger partial charge is 0.229 e. The van der Waals surface area contributed by atoms with E-state index in [2.05, 4.69) is 55.1 Å².